The predicted molar refractivity (Wildman–Crippen MR) is 112 cm³/mol. The van der Waals surface area contributed by atoms with E-state index in [1.165, 1.54) is 4.88 Å². The number of thiazole rings is 1. The topological polar surface area (TPSA) is 58.5 Å². The SMILES string of the molecule is CCNC(=NCc1ccc(OC)cc1)NCCc1ncc(C)s1.I. The number of hydrogen-bond donors (Lipinski definition) is 2. The van der Waals surface area contributed by atoms with Crippen LogP contribution in [0.15, 0.2) is 35.5 Å². The second-order valence-corrected chi connectivity index (χ2v) is 6.40. The van der Waals surface area contributed by atoms with Gasteiger partial charge in [0.1, 0.15) is 5.75 Å². The Balaban J connectivity index is 0.00000288. The molecule has 0 aliphatic rings. The molecule has 0 amide bonds. The van der Waals surface area contributed by atoms with E-state index in [0.29, 0.717) is 6.54 Å². The number of nitrogens with zero attached hydrogens (tertiary/aromatic N) is 2. The van der Waals surface area contributed by atoms with Gasteiger partial charge >= 0.3 is 0 Å². The van der Waals surface area contributed by atoms with E-state index in [4.69, 9.17) is 4.74 Å². The molecule has 0 fully saturated rings. The maximum Gasteiger partial charge on any atom is 0.191 e. The first kappa shape index (κ1) is 20.7. The third-order valence-corrected chi connectivity index (χ3v) is 4.20. The van der Waals surface area contributed by atoms with Crippen molar-refractivity contribution >= 4 is 41.3 Å². The number of aliphatic imine (C=N–C) groups is 1. The number of nitrogens with one attached hydrogen (secondary N) is 2. The molecular weight excluding hydrogens is 435 g/mol. The van der Waals surface area contributed by atoms with Crippen molar-refractivity contribution in [2.24, 2.45) is 4.99 Å². The molecule has 0 saturated heterocycles. The van der Waals surface area contributed by atoms with Crippen LogP contribution >= 0.6 is 35.3 Å². The van der Waals surface area contributed by atoms with Crippen LogP contribution in [0.4, 0.5) is 0 Å². The second kappa shape index (κ2) is 11.2. The Morgan fingerprint density at radius 2 is 2.00 bits per heavy atom. The Labute approximate surface area is 165 Å². The van der Waals surface area contributed by atoms with Crippen molar-refractivity contribution in [3.8, 4) is 5.75 Å². The third-order valence-electron chi connectivity index (χ3n) is 3.22. The standard InChI is InChI=1S/C17H24N4OS.HI/c1-4-18-17(19-10-9-16-20-11-13(2)23-16)21-12-14-5-7-15(22-3)8-6-14;/h5-8,11H,4,9-10,12H2,1-3H3,(H2,18,19,21);1H. The normalized spacial score (nSPS) is 10.9. The van der Waals surface area contributed by atoms with Gasteiger partial charge in [-0.05, 0) is 31.5 Å². The second-order valence-electron chi connectivity index (χ2n) is 5.08. The van der Waals surface area contributed by atoms with Crippen LogP contribution in [0.3, 0.4) is 0 Å². The molecule has 5 nitrogen and oxygen atoms in total. The number of benzene rings is 1. The zero-order chi connectivity index (χ0) is 16.5. The molecule has 0 aliphatic heterocycles. The van der Waals surface area contributed by atoms with Crippen molar-refractivity contribution in [2.75, 3.05) is 20.2 Å². The summed E-state index contributed by atoms with van der Waals surface area (Å²) in [6, 6.07) is 7.97. The van der Waals surface area contributed by atoms with Gasteiger partial charge in [0.2, 0.25) is 0 Å². The summed E-state index contributed by atoms with van der Waals surface area (Å²) in [6.45, 7) is 6.44. The predicted octanol–water partition coefficient (Wildman–Crippen LogP) is 3.38. The fourth-order valence-electron chi connectivity index (χ4n) is 2.05. The molecule has 0 radical (unpaired) electrons. The van der Waals surface area contributed by atoms with Crippen LogP contribution in [-0.4, -0.2) is 31.1 Å². The highest BCUT2D eigenvalue weighted by Gasteiger charge is 2.01. The number of hydrogen-bond acceptors (Lipinski definition) is 4. The molecule has 132 valence electrons. The van der Waals surface area contributed by atoms with E-state index in [-0.39, 0.29) is 24.0 Å². The van der Waals surface area contributed by atoms with Gasteiger partial charge < -0.3 is 15.4 Å². The van der Waals surface area contributed by atoms with Gasteiger partial charge in [0.25, 0.3) is 0 Å². The number of aromatic nitrogens is 1. The first-order valence-electron chi connectivity index (χ1n) is 7.77. The molecule has 2 N–H and O–H groups in total. The van der Waals surface area contributed by atoms with Gasteiger partial charge in [0, 0.05) is 30.6 Å². The Morgan fingerprint density at radius 3 is 2.58 bits per heavy atom. The Hall–Kier alpha value is -1.35. The van der Waals surface area contributed by atoms with E-state index in [9.17, 15) is 0 Å². The lowest BCUT2D eigenvalue weighted by molar-refractivity contribution is 0.414. The molecule has 0 atom stereocenters. The molecule has 1 aromatic heterocycles. The van der Waals surface area contributed by atoms with Gasteiger partial charge in [-0.1, -0.05) is 12.1 Å². The molecule has 2 aromatic rings. The lowest BCUT2D eigenvalue weighted by atomic mass is 10.2. The molecule has 0 aliphatic carbocycles. The minimum Gasteiger partial charge on any atom is -0.497 e. The first-order valence-corrected chi connectivity index (χ1v) is 8.59. The highest BCUT2D eigenvalue weighted by atomic mass is 127. The maximum absolute atomic E-state index is 5.16. The average molecular weight is 460 g/mol. The summed E-state index contributed by atoms with van der Waals surface area (Å²) < 4.78 is 5.16. The van der Waals surface area contributed by atoms with E-state index in [1.807, 2.05) is 30.5 Å². The van der Waals surface area contributed by atoms with Gasteiger partial charge in [0.15, 0.2) is 5.96 Å². The highest BCUT2D eigenvalue weighted by molar-refractivity contribution is 14.0. The molecule has 7 heteroatoms. The van der Waals surface area contributed by atoms with Crippen LogP contribution < -0.4 is 15.4 Å². The van der Waals surface area contributed by atoms with Gasteiger partial charge in [-0.25, -0.2) is 9.98 Å². The van der Waals surface area contributed by atoms with E-state index in [1.54, 1.807) is 18.4 Å². The van der Waals surface area contributed by atoms with Crippen LogP contribution in [0.2, 0.25) is 0 Å². The molecule has 2 rings (SSSR count). The summed E-state index contributed by atoms with van der Waals surface area (Å²) in [7, 11) is 1.67. The van der Waals surface area contributed by atoms with Crippen molar-refractivity contribution in [3.05, 3.63) is 45.9 Å². The summed E-state index contributed by atoms with van der Waals surface area (Å²) in [5.74, 6) is 1.69. The number of rotatable bonds is 7. The molecule has 0 spiro atoms. The largest absolute Gasteiger partial charge is 0.497 e. The number of methoxy groups -OCH3 is 1. The summed E-state index contributed by atoms with van der Waals surface area (Å²) in [6.07, 6.45) is 2.83. The minimum absolute atomic E-state index is 0. The minimum atomic E-state index is 0. The lowest BCUT2D eigenvalue weighted by Crippen LogP contribution is -2.38. The Bertz CT molecular complexity index is 628. The quantitative estimate of drug-likeness (QED) is 0.378. The van der Waals surface area contributed by atoms with Crippen molar-refractivity contribution in [1.82, 2.24) is 15.6 Å². The number of halogens is 1. The van der Waals surface area contributed by atoms with Gasteiger partial charge in [0.05, 0.1) is 18.7 Å². The van der Waals surface area contributed by atoms with E-state index in [2.05, 4.69) is 34.5 Å². The van der Waals surface area contributed by atoms with Crippen LogP contribution in [0.5, 0.6) is 5.75 Å². The summed E-state index contributed by atoms with van der Waals surface area (Å²) >= 11 is 1.74. The third kappa shape index (κ3) is 7.04. The van der Waals surface area contributed by atoms with Crippen LogP contribution in [0, 0.1) is 6.92 Å². The number of ether oxygens (including phenoxy) is 1. The Kier molecular flexibility index (Phi) is 9.70. The van der Waals surface area contributed by atoms with E-state index < -0.39 is 0 Å². The zero-order valence-electron chi connectivity index (χ0n) is 14.3. The summed E-state index contributed by atoms with van der Waals surface area (Å²) in [5.41, 5.74) is 1.15. The fourth-order valence-corrected chi connectivity index (χ4v) is 2.83. The van der Waals surface area contributed by atoms with Gasteiger partial charge in [-0.15, -0.1) is 35.3 Å². The van der Waals surface area contributed by atoms with Crippen LogP contribution in [0.1, 0.15) is 22.4 Å². The molecule has 24 heavy (non-hydrogen) atoms. The number of aryl methyl sites for hydroxylation is 1. The molecular formula is C17H25IN4OS. The van der Waals surface area contributed by atoms with Gasteiger partial charge in [-0.3, -0.25) is 0 Å². The van der Waals surface area contributed by atoms with Crippen molar-refractivity contribution in [2.45, 2.75) is 26.8 Å². The fraction of sp³-hybridized carbons (Fsp3) is 0.412. The maximum atomic E-state index is 5.16. The smallest absolute Gasteiger partial charge is 0.191 e. The molecule has 0 saturated carbocycles. The molecule has 1 aromatic carbocycles. The summed E-state index contributed by atoms with van der Waals surface area (Å²) in [5, 5.41) is 7.77. The van der Waals surface area contributed by atoms with Gasteiger partial charge in [-0.2, -0.15) is 0 Å². The lowest BCUT2D eigenvalue weighted by Gasteiger charge is -2.10. The monoisotopic (exact) mass is 460 g/mol. The first-order chi connectivity index (χ1) is 11.2. The number of guanidine groups is 1. The van der Waals surface area contributed by atoms with E-state index >= 15 is 0 Å². The summed E-state index contributed by atoms with van der Waals surface area (Å²) in [4.78, 5) is 10.2. The zero-order valence-corrected chi connectivity index (χ0v) is 17.5. The van der Waals surface area contributed by atoms with Crippen LogP contribution in [0.25, 0.3) is 0 Å². The molecule has 0 bridgehead atoms. The Morgan fingerprint density at radius 1 is 1.25 bits per heavy atom. The van der Waals surface area contributed by atoms with E-state index in [0.717, 1.165) is 41.8 Å². The average Bonchev–Trinajstić information content (AvgIpc) is 2.98. The van der Waals surface area contributed by atoms with Crippen molar-refractivity contribution < 1.29 is 4.74 Å². The van der Waals surface area contributed by atoms with Crippen molar-refractivity contribution in [3.63, 3.8) is 0 Å². The van der Waals surface area contributed by atoms with Crippen LogP contribution in [-0.2, 0) is 13.0 Å². The van der Waals surface area contributed by atoms with Crippen molar-refractivity contribution in [1.29, 1.82) is 0 Å². The highest BCUT2D eigenvalue weighted by Crippen LogP contribution is 2.12. The molecule has 0 unspecified atom stereocenters. The molecule has 1 heterocycles.